The van der Waals surface area contributed by atoms with Crippen LogP contribution in [0.5, 0.6) is 0 Å². The number of halogens is 1. The Labute approximate surface area is 202 Å². The topological polar surface area (TPSA) is 86.5 Å². The largest absolute Gasteiger partial charge is 0.459 e. The summed E-state index contributed by atoms with van der Waals surface area (Å²) in [6.07, 6.45) is 7.42. The van der Waals surface area contributed by atoms with Crippen LogP contribution in [0.1, 0.15) is 80.7 Å². The average molecular weight is 484 g/mol. The maximum atomic E-state index is 13.3. The molecule has 2 aromatic rings. The van der Waals surface area contributed by atoms with E-state index in [0.717, 1.165) is 38.5 Å². The van der Waals surface area contributed by atoms with Crippen LogP contribution in [0.3, 0.4) is 0 Å². The van der Waals surface area contributed by atoms with Gasteiger partial charge in [-0.2, -0.15) is 0 Å². The molecule has 2 fully saturated rings. The summed E-state index contributed by atoms with van der Waals surface area (Å²) >= 11 is 7.66. The van der Waals surface area contributed by atoms with Gasteiger partial charge in [0.25, 0.3) is 0 Å². The van der Waals surface area contributed by atoms with Gasteiger partial charge in [0.2, 0.25) is 0 Å². The average Bonchev–Trinajstić information content (AvgIpc) is 2.82. The second-order valence-corrected chi connectivity index (χ2v) is 10.7. The Kier molecular flexibility index (Phi) is 6.00. The number of carbonyl (C=O) groups is 3. The van der Waals surface area contributed by atoms with E-state index in [2.05, 4.69) is 0 Å². The molecule has 3 aliphatic carbocycles. The molecule has 33 heavy (non-hydrogen) atoms. The zero-order valence-corrected chi connectivity index (χ0v) is 20.0. The molecule has 0 saturated heterocycles. The number of anilines is 1. The van der Waals surface area contributed by atoms with E-state index >= 15 is 0 Å². The van der Waals surface area contributed by atoms with E-state index < -0.39 is 5.97 Å². The molecule has 0 spiro atoms. The number of esters is 1. The Hall–Kier alpha value is -2.31. The number of ether oxygens (including phenoxy) is 1. The molecule has 0 aromatic heterocycles. The van der Waals surface area contributed by atoms with E-state index in [1.165, 1.54) is 11.8 Å². The van der Waals surface area contributed by atoms with E-state index in [1.54, 1.807) is 30.3 Å². The summed E-state index contributed by atoms with van der Waals surface area (Å²) in [6, 6.07) is 8.32. The molecule has 172 valence electrons. The number of nitrogen functional groups attached to an aromatic ring is 1. The number of hydrogen-bond acceptors (Lipinski definition) is 6. The van der Waals surface area contributed by atoms with Crippen molar-refractivity contribution in [2.45, 2.75) is 54.9 Å². The second kappa shape index (κ2) is 8.80. The normalized spacial score (nSPS) is 26.2. The lowest BCUT2D eigenvalue weighted by atomic mass is 9.70. The van der Waals surface area contributed by atoms with Gasteiger partial charge in [0, 0.05) is 27.0 Å². The van der Waals surface area contributed by atoms with Crippen molar-refractivity contribution in [1.82, 2.24) is 0 Å². The standard InChI is InChI=1S/C26H26ClNO4S/c1-33-20-12-19(26(31)32-16-9-7-13-10-15(27)8-6-14(13)11-16)23(28)22-21(20)24(29)17-4-2-3-5-18(17)25(22)30/h2-5,12-16H,6-11,28H2,1H3. The summed E-state index contributed by atoms with van der Waals surface area (Å²) in [5.41, 5.74) is 7.62. The van der Waals surface area contributed by atoms with E-state index in [1.807, 2.05) is 6.26 Å². The van der Waals surface area contributed by atoms with E-state index in [0.29, 0.717) is 27.9 Å². The zero-order chi connectivity index (χ0) is 23.3. The molecule has 4 atom stereocenters. The molecule has 5 rings (SSSR count). The molecular formula is C26H26ClNO4S. The van der Waals surface area contributed by atoms with Crippen LogP contribution in [-0.2, 0) is 4.74 Å². The number of alkyl halides is 1. The third-order valence-electron chi connectivity index (χ3n) is 7.42. The summed E-state index contributed by atoms with van der Waals surface area (Å²) in [5.74, 6) is 0.0336. The SMILES string of the molecule is CSc1cc(C(=O)OC2CCC3CC(Cl)CCC3C2)c(N)c2c1C(=O)c1ccccc1C2=O. The first-order valence-electron chi connectivity index (χ1n) is 11.4. The molecule has 2 N–H and O–H groups in total. The number of hydrogen-bond donors (Lipinski definition) is 1. The molecule has 2 aromatic carbocycles. The van der Waals surface area contributed by atoms with Crippen molar-refractivity contribution in [2.75, 3.05) is 12.0 Å². The number of nitrogens with two attached hydrogens (primary N) is 1. The van der Waals surface area contributed by atoms with E-state index in [-0.39, 0.29) is 45.4 Å². The minimum Gasteiger partial charge on any atom is -0.459 e. The van der Waals surface area contributed by atoms with Crippen molar-refractivity contribution in [3.63, 3.8) is 0 Å². The van der Waals surface area contributed by atoms with Crippen LogP contribution in [0.4, 0.5) is 5.69 Å². The number of benzene rings is 2. The van der Waals surface area contributed by atoms with Gasteiger partial charge in [-0.25, -0.2) is 4.79 Å². The van der Waals surface area contributed by atoms with Gasteiger partial charge in [0.1, 0.15) is 6.10 Å². The monoisotopic (exact) mass is 483 g/mol. The van der Waals surface area contributed by atoms with Gasteiger partial charge < -0.3 is 10.5 Å². The number of carbonyl (C=O) groups excluding carboxylic acids is 3. The first-order chi connectivity index (χ1) is 15.9. The molecule has 3 aliphatic rings. The van der Waals surface area contributed by atoms with Crippen molar-refractivity contribution in [2.24, 2.45) is 11.8 Å². The van der Waals surface area contributed by atoms with E-state index in [9.17, 15) is 14.4 Å². The summed E-state index contributed by atoms with van der Waals surface area (Å²) < 4.78 is 5.90. The van der Waals surface area contributed by atoms with Gasteiger partial charge in [0.05, 0.1) is 16.8 Å². The fourth-order valence-electron chi connectivity index (χ4n) is 5.72. The molecule has 0 heterocycles. The maximum absolute atomic E-state index is 13.3. The van der Waals surface area contributed by atoms with Crippen LogP contribution in [0, 0.1) is 11.8 Å². The van der Waals surface area contributed by atoms with E-state index in [4.69, 9.17) is 22.1 Å². The van der Waals surface area contributed by atoms with Gasteiger partial charge >= 0.3 is 5.97 Å². The lowest BCUT2D eigenvalue weighted by Gasteiger charge is -2.40. The number of fused-ring (bicyclic) bond motifs is 3. The fourth-order valence-corrected chi connectivity index (χ4v) is 6.71. The molecule has 4 unspecified atom stereocenters. The van der Waals surface area contributed by atoms with Crippen molar-refractivity contribution >= 4 is 46.6 Å². The molecule has 2 saturated carbocycles. The summed E-state index contributed by atoms with van der Waals surface area (Å²) in [7, 11) is 0. The Balaban J connectivity index is 1.44. The molecule has 0 bridgehead atoms. The van der Waals surface area contributed by atoms with Crippen LogP contribution < -0.4 is 5.73 Å². The Bertz CT molecular complexity index is 1160. The number of rotatable bonds is 3. The Morgan fingerprint density at radius 3 is 2.33 bits per heavy atom. The zero-order valence-electron chi connectivity index (χ0n) is 18.4. The highest BCUT2D eigenvalue weighted by atomic mass is 35.5. The summed E-state index contributed by atoms with van der Waals surface area (Å²) in [4.78, 5) is 40.2. The van der Waals surface area contributed by atoms with Gasteiger partial charge in [-0.1, -0.05) is 24.3 Å². The van der Waals surface area contributed by atoms with Crippen LogP contribution in [-0.4, -0.2) is 35.3 Å². The van der Waals surface area contributed by atoms with Gasteiger partial charge in [-0.15, -0.1) is 23.4 Å². The Morgan fingerprint density at radius 1 is 1.00 bits per heavy atom. The van der Waals surface area contributed by atoms with Gasteiger partial charge in [0.15, 0.2) is 11.6 Å². The molecule has 0 aliphatic heterocycles. The fraction of sp³-hybridized carbons (Fsp3) is 0.423. The van der Waals surface area contributed by atoms with Crippen LogP contribution >= 0.6 is 23.4 Å². The van der Waals surface area contributed by atoms with Gasteiger partial charge in [-0.3, -0.25) is 9.59 Å². The highest BCUT2D eigenvalue weighted by Gasteiger charge is 2.38. The third kappa shape index (κ3) is 3.87. The smallest absolute Gasteiger partial charge is 0.340 e. The lowest BCUT2D eigenvalue weighted by molar-refractivity contribution is -0.000579. The first kappa shape index (κ1) is 22.5. The minimum absolute atomic E-state index is 0.0250. The quantitative estimate of drug-likeness (QED) is 0.229. The molecule has 0 amide bonds. The van der Waals surface area contributed by atoms with Crippen molar-refractivity contribution in [3.8, 4) is 0 Å². The molecule has 0 radical (unpaired) electrons. The highest BCUT2D eigenvalue weighted by Crippen LogP contribution is 2.43. The molecule has 7 heteroatoms. The predicted molar refractivity (Wildman–Crippen MR) is 129 cm³/mol. The first-order valence-corrected chi connectivity index (χ1v) is 13.1. The Morgan fingerprint density at radius 2 is 1.64 bits per heavy atom. The van der Waals surface area contributed by atoms with Crippen LogP contribution in [0.2, 0.25) is 0 Å². The highest BCUT2D eigenvalue weighted by molar-refractivity contribution is 7.98. The summed E-state index contributed by atoms with van der Waals surface area (Å²) in [5, 5.41) is 0.260. The predicted octanol–water partition coefficient (Wildman–Crippen LogP) is 5.50. The van der Waals surface area contributed by atoms with Crippen molar-refractivity contribution in [1.29, 1.82) is 0 Å². The van der Waals surface area contributed by atoms with Crippen molar-refractivity contribution in [3.05, 3.63) is 58.1 Å². The summed E-state index contributed by atoms with van der Waals surface area (Å²) in [6.45, 7) is 0. The lowest BCUT2D eigenvalue weighted by Crippen LogP contribution is -2.35. The van der Waals surface area contributed by atoms with Crippen LogP contribution in [0.25, 0.3) is 0 Å². The minimum atomic E-state index is -0.529. The number of ketones is 2. The van der Waals surface area contributed by atoms with Gasteiger partial charge in [-0.05, 0) is 62.7 Å². The van der Waals surface area contributed by atoms with Crippen molar-refractivity contribution < 1.29 is 19.1 Å². The number of thioether (sulfide) groups is 1. The molecule has 5 nitrogen and oxygen atoms in total. The maximum Gasteiger partial charge on any atom is 0.340 e. The molecular weight excluding hydrogens is 458 g/mol. The van der Waals surface area contributed by atoms with Crippen LogP contribution in [0.15, 0.2) is 35.2 Å². The second-order valence-electron chi connectivity index (χ2n) is 9.26. The third-order valence-corrected chi connectivity index (χ3v) is 8.57.